The zero-order valence-corrected chi connectivity index (χ0v) is 18.5. The van der Waals surface area contributed by atoms with Gasteiger partial charge in [-0.25, -0.2) is 4.98 Å². The number of thioether (sulfide) groups is 1. The Morgan fingerprint density at radius 3 is 2.71 bits per heavy atom. The molecule has 4 aromatic rings. The van der Waals surface area contributed by atoms with Crippen molar-refractivity contribution in [2.45, 2.75) is 16.6 Å². The maximum absolute atomic E-state index is 13.0. The number of aromatic nitrogens is 1. The number of nitrogens with one attached hydrogen (secondary N) is 1. The molecule has 6 nitrogen and oxygen atoms in total. The lowest BCUT2D eigenvalue weighted by atomic mass is 10.1. The first-order valence-corrected chi connectivity index (χ1v) is 11.5. The van der Waals surface area contributed by atoms with Gasteiger partial charge in [0.05, 0.1) is 29.6 Å². The van der Waals surface area contributed by atoms with Gasteiger partial charge in [-0.15, -0.1) is 11.3 Å². The third-order valence-corrected chi connectivity index (χ3v) is 6.87. The average molecular weight is 452 g/mol. The third kappa shape index (κ3) is 5.34. The minimum atomic E-state index is -0.242. The van der Waals surface area contributed by atoms with Crippen molar-refractivity contribution < 1.29 is 14.0 Å². The zero-order chi connectivity index (χ0) is 21.6. The quantitative estimate of drug-likeness (QED) is 0.397. The van der Waals surface area contributed by atoms with Gasteiger partial charge in [-0.2, -0.15) is 0 Å². The molecule has 31 heavy (non-hydrogen) atoms. The van der Waals surface area contributed by atoms with Crippen LogP contribution in [0.1, 0.15) is 21.7 Å². The number of nitrogens with zero attached hydrogens (tertiary/aromatic N) is 2. The molecule has 0 radical (unpaired) electrons. The molecule has 0 spiro atoms. The van der Waals surface area contributed by atoms with Gasteiger partial charge in [0.25, 0.3) is 5.91 Å². The van der Waals surface area contributed by atoms with Crippen molar-refractivity contribution in [3.8, 4) is 0 Å². The number of benzene rings is 2. The maximum atomic E-state index is 13.0. The van der Waals surface area contributed by atoms with Crippen LogP contribution >= 0.6 is 23.1 Å². The molecule has 0 atom stereocenters. The van der Waals surface area contributed by atoms with E-state index < -0.39 is 0 Å². The Morgan fingerprint density at radius 2 is 1.90 bits per heavy atom. The van der Waals surface area contributed by atoms with Crippen molar-refractivity contribution in [3.63, 3.8) is 0 Å². The first-order chi connectivity index (χ1) is 15.1. The molecule has 8 heteroatoms. The van der Waals surface area contributed by atoms with Crippen LogP contribution in [-0.2, 0) is 17.1 Å². The smallest absolute Gasteiger partial charge is 0.254 e. The highest BCUT2D eigenvalue weighted by Gasteiger charge is 2.18. The summed E-state index contributed by atoms with van der Waals surface area (Å²) in [6, 6.07) is 19.1. The van der Waals surface area contributed by atoms with Crippen molar-refractivity contribution in [2.24, 2.45) is 0 Å². The number of fused-ring (bicyclic) bond motifs is 1. The molecule has 1 N–H and O–H groups in total. The topological polar surface area (TPSA) is 75.4 Å². The largest absolute Gasteiger partial charge is 0.467 e. The molecule has 0 unspecified atom stereocenters. The molecule has 158 valence electrons. The van der Waals surface area contributed by atoms with Crippen LogP contribution in [0.15, 0.2) is 75.7 Å². The number of carbonyl (C=O) groups is 2. The maximum Gasteiger partial charge on any atom is 0.254 e. The number of thiazole rings is 1. The van der Waals surface area contributed by atoms with Gasteiger partial charge >= 0.3 is 0 Å². The Hall–Kier alpha value is -3.10. The normalized spacial score (nSPS) is 10.9. The molecule has 2 amide bonds. The molecular formula is C23H21N3O3S2. The van der Waals surface area contributed by atoms with Crippen molar-refractivity contribution in [2.75, 3.05) is 13.6 Å². The van der Waals surface area contributed by atoms with E-state index in [1.165, 1.54) is 4.90 Å². The average Bonchev–Trinajstić information content (AvgIpc) is 3.45. The van der Waals surface area contributed by atoms with Gasteiger partial charge in [0.15, 0.2) is 4.34 Å². The van der Waals surface area contributed by atoms with E-state index in [0.29, 0.717) is 23.6 Å². The lowest BCUT2D eigenvalue weighted by molar-refractivity contribution is -0.121. The lowest BCUT2D eigenvalue weighted by Gasteiger charge is -2.18. The third-order valence-electron chi connectivity index (χ3n) is 4.64. The summed E-state index contributed by atoms with van der Waals surface area (Å²) in [5, 5.41) is 2.76. The molecule has 0 saturated heterocycles. The number of hydrogen-bond donors (Lipinski definition) is 1. The Labute approximate surface area is 188 Å². The van der Waals surface area contributed by atoms with Crippen LogP contribution in [0.5, 0.6) is 0 Å². The molecule has 0 aliphatic rings. The Bertz CT molecular complexity index is 1150. The second-order valence-corrected chi connectivity index (χ2v) is 9.16. The van der Waals surface area contributed by atoms with Crippen molar-refractivity contribution >= 4 is 45.1 Å². The number of hydrogen-bond acceptors (Lipinski definition) is 6. The minimum absolute atomic E-state index is 0.0289. The van der Waals surface area contributed by atoms with Crippen LogP contribution in [-0.4, -0.2) is 35.3 Å². The molecule has 0 aliphatic carbocycles. The molecule has 4 rings (SSSR count). The van der Waals surface area contributed by atoms with E-state index in [1.807, 2.05) is 36.4 Å². The summed E-state index contributed by atoms with van der Waals surface area (Å²) in [7, 11) is 1.63. The first kappa shape index (κ1) is 21.1. The zero-order valence-electron chi connectivity index (χ0n) is 16.9. The van der Waals surface area contributed by atoms with Crippen LogP contribution < -0.4 is 5.32 Å². The van der Waals surface area contributed by atoms with Gasteiger partial charge in [0.1, 0.15) is 5.76 Å². The van der Waals surface area contributed by atoms with Crippen LogP contribution in [0.2, 0.25) is 0 Å². The highest BCUT2D eigenvalue weighted by Crippen LogP contribution is 2.32. The van der Waals surface area contributed by atoms with Crippen LogP contribution in [0.25, 0.3) is 10.2 Å². The molecule has 0 bridgehead atoms. The highest BCUT2D eigenvalue weighted by atomic mass is 32.2. The van der Waals surface area contributed by atoms with Gasteiger partial charge < -0.3 is 14.6 Å². The molecule has 2 heterocycles. The summed E-state index contributed by atoms with van der Waals surface area (Å²) in [5.41, 5.74) is 2.50. The Morgan fingerprint density at radius 1 is 1.10 bits per heavy atom. The van der Waals surface area contributed by atoms with E-state index in [1.54, 1.807) is 54.6 Å². The van der Waals surface area contributed by atoms with E-state index in [9.17, 15) is 9.59 Å². The molecule has 2 aromatic carbocycles. The van der Waals surface area contributed by atoms with E-state index in [-0.39, 0.29) is 18.4 Å². The Balaban J connectivity index is 1.38. The van der Waals surface area contributed by atoms with Crippen LogP contribution in [0, 0.1) is 0 Å². The summed E-state index contributed by atoms with van der Waals surface area (Å²) < 4.78 is 7.32. The predicted molar refractivity (Wildman–Crippen MR) is 123 cm³/mol. The summed E-state index contributed by atoms with van der Waals surface area (Å²) in [5.74, 6) is 0.863. The second-order valence-electron chi connectivity index (χ2n) is 6.91. The van der Waals surface area contributed by atoms with Crippen molar-refractivity contribution in [3.05, 3.63) is 83.8 Å². The summed E-state index contributed by atoms with van der Waals surface area (Å²) >= 11 is 3.26. The highest BCUT2D eigenvalue weighted by molar-refractivity contribution is 8.00. The Kier molecular flexibility index (Phi) is 6.69. The van der Waals surface area contributed by atoms with Crippen molar-refractivity contribution in [1.82, 2.24) is 15.2 Å². The molecule has 0 saturated carbocycles. The van der Waals surface area contributed by atoms with Gasteiger partial charge in [0, 0.05) is 18.4 Å². The number of para-hydroxylation sites is 1. The first-order valence-electron chi connectivity index (χ1n) is 9.71. The van der Waals surface area contributed by atoms with Gasteiger partial charge in [0.2, 0.25) is 5.91 Å². The fourth-order valence-corrected chi connectivity index (χ4v) is 5.13. The van der Waals surface area contributed by atoms with Gasteiger partial charge in [-0.1, -0.05) is 42.1 Å². The second kappa shape index (κ2) is 9.80. The number of carbonyl (C=O) groups excluding carboxylic acids is 2. The van der Waals surface area contributed by atoms with Crippen LogP contribution in [0.4, 0.5) is 0 Å². The number of rotatable bonds is 8. The standard InChI is InChI=1S/C23H21N3O3S2/c1-26(14-21(27)24-13-17-8-6-12-29-17)22(28)18-9-3-2-7-16(18)15-30-23-25-19-10-4-5-11-20(19)31-23/h2-12H,13-15H2,1H3,(H,24,27). The summed E-state index contributed by atoms with van der Waals surface area (Å²) in [6.07, 6.45) is 1.56. The van der Waals surface area contributed by atoms with Crippen LogP contribution in [0.3, 0.4) is 0 Å². The molecular weight excluding hydrogens is 430 g/mol. The summed E-state index contributed by atoms with van der Waals surface area (Å²) in [4.78, 5) is 31.3. The van der Waals surface area contributed by atoms with Crippen molar-refractivity contribution in [1.29, 1.82) is 0 Å². The molecule has 0 fully saturated rings. The minimum Gasteiger partial charge on any atom is -0.467 e. The number of furan rings is 1. The van der Waals surface area contributed by atoms with E-state index in [0.717, 1.165) is 20.1 Å². The molecule has 0 aliphatic heterocycles. The fourth-order valence-electron chi connectivity index (χ4n) is 3.05. The number of likely N-dealkylation sites (N-methyl/N-ethyl adjacent to an activating group) is 1. The van der Waals surface area contributed by atoms with Gasteiger partial charge in [-0.3, -0.25) is 9.59 Å². The van der Waals surface area contributed by atoms with E-state index in [2.05, 4.69) is 16.4 Å². The predicted octanol–water partition coefficient (Wildman–Crippen LogP) is 4.57. The fraction of sp³-hybridized carbons (Fsp3) is 0.174. The van der Waals surface area contributed by atoms with E-state index in [4.69, 9.17) is 4.42 Å². The monoisotopic (exact) mass is 451 g/mol. The lowest BCUT2D eigenvalue weighted by Crippen LogP contribution is -2.38. The molecule has 2 aromatic heterocycles. The SMILES string of the molecule is CN(CC(=O)NCc1ccco1)C(=O)c1ccccc1CSc1nc2ccccc2s1. The summed E-state index contributed by atoms with van der Waals surface area (Å²) in [6.45, 7) is 0.266. The number of amides is 2. The van der Waals surface area contributed by atoms with E-state index >= 15 is 0 Å². The van der Waals surface area contributed by atoms with Gasteiger partial charge in [-0.05, 0) is 35.9 Å².